The zero-order valence-electron chi connectivity index (χ0n) is 15.3. The first-order chi connectivity index (χ1) is 13.7. The number of carbonyl (C=O) groups is 1. The Kier molecular flexibility index (Phi) is 4.63. The fraction of sp³-hybridized carbons (Fsp3) is 0.0952. The highest BCUT2D eigenvalue weighted by molar-refractivity contribution is 6.07. The second-order valence-electron chi connectivity index (χ2n) is 5.96. The van der Waals surface area contributed by atoms with Crippen LogP contribution < -0.4 is 14.8 Å². The van der Waals surface area contributed by atoms with Gasteiger partial charge in [0.15, 0.2) is 17.8 Å². The minimum atomic E-state index is -0.429. The predicted octanol–water partition coefficient (Wildman–Crippen LogP) is 4.16. The minimum Gasteiger partial charge on any atom is -0.481 e. The molecule has 0 saturated carbocycles. The van der Waals surface area contributed by atoms with E-state index in [1.807, 2.05) is 42.5 Å². The standard InChI is InChI=1S/C21H17N3O4/c1-26-17-10-9-16(21(24-17)27-2)23-20(25)18-19(28-12-22-18)15-8-7-13-5-3-4-6-14(13)11-15/h3-12H,1-2H3,(H,23,25). The topological polar surface area (TPSA) is 86.5 Å². The first-order valence-electron chi connectivity index (χ1n) is 8.52. The highest BCUT2D eigenvalue weighted by Gasteiger charge is 2.20. The van der Waals surface area contributed by atoms with Gasteiger partial charge in [-0.3, -0.25) is 4.79 Å². The molecule has 0 bridgehead atoms. The summed E-state index contributed by atoms with van der Waals surface area (Å²) < 4.78 is 15.8. The van der Waals surface area contributed by atoms with Gasteiger partial charge in [0, 0.05) is 11.6 Å². The molecule has 28 heavy (non-hydrogen) atoms. The molecule has 0 aliphatic heterocycles. The van der Waals surface area contributed by atoms with Crippen molar-refractivity contribution in [1.29, 1.82) is 0 Å². The van der Waals surface area contributed by atoms with Gasteiger partial charge in [-0.2, -0.15) is 4.98 Å². The molecule has 0 atom stereocenters. The number of ether oxygens (including phenoxy) is 2. The van der Waals surface area contributed by atoms with E-state index in [0.717, 1.165) is 16.3 Å². The van der Waals surface area contributed by atoms with Crippen LogP contribution in [0.25, 0.3) is 22.1 Å². The van der Waals surface area contributed by atoms with Gasteiger partial charge < -0.3 is 19.2 Å². The first-order valence-corrected chi connectivity index (χ1v) is 8.52. The van der Waals surface area contributed by atoms with Gasteiger partial charge in [-0.1, -0.05) is 36.4 Å². The summed E-state index contributed by atoms with van der Waals surface area (Å²) in [6.45, 7) is 0. The maximum Gasteiger partial charge on any atom is 0.278 e. The molecule has 0 aliphatic carbocycles. The maximum absolute atomic E-state index is 12.8. The summed E-state index contributed by atoms with van der Waals surface area (Å²) in [5.41, 5.74) is 1.34. The van der Waals surface area contributed by atoms with Gasteiger partial charge in [-0.15, -0.1) is 0 Å². The van der Waals surface area contributed by atoms with Crippen molar-refractivity contribution in [2.45, 2.75) is 0 Å². The third-order valence-electron chi connectivity index (χ3n) is 4.28. The van der Waals surface area contributed by atoms with Crippen LogP contribution in [0.3, 0.4) is 0 Å². The van der Waals surface area contributed by atoms with E-state index < -0.39 is 5.91 Å². The van der Waals surface area contributed by atoms with Gasteiger partial charge in [0.25, 0.3) is 5.91 Å². The van der Waals surface area contributed by atoms with Crippen molar-refractivity contribution in [3.8, 4) is 23.1 Å². The Morgan fingerprint density at radius 2 is 1.82 bits per heavy atom. The summed E-state index contributed by atoms with van der Waals surface area (Å²) >= 11 is 0. The number of nitrogens with one attached hydrogen (secondary N) is 1. The summed E-state index contributed by atoms with van der Waals surface area (Å²) in [4.78, 5) is 21.1. The minimum absolute atomic E-state index is 0.174. The number of carbonyl (C=O) groups excluding carboxylic acids is 1. The number of fused-ring (bicyclic) bond motifs is 1. The molecular weight excluding hydrogens is 358 g/mol. The number of amides is 1. The Morgan fingerprint density at radius 1 is 1.00 bits per heavy atom. The van der Waals surface area contributed by atoms with Gasteiger partial charge in [-0.05, 0) is 22.9 Å². The molecule has 2 aromatic carbocycles. The molecule has 140 valence electrons. The van der Waals surface area contributed by atoms with Crippen molar-refractivity contribution in [3.63, 3.8) is 0 Å². The van der Waals surface area contributed by atoms with E-state index in [-0.39, 0.29) is 11.6 Å². The number of hydrogen-bond donors (Lipinski definition) is 1. The van der Waals surface area contributed by atoms with Crippen LogP contribution in [-0.2, 0) is 0 Å². The molecule has 4 aromatic rings. The van der Waals surface area contributed by atoms with E-state index >= 15 is 0 Å². The fourth-order valence-corrected chi connectivity index (χ4v) is 2.91. The van der Waals surface area contributed by atoms with Gasteiger partial charge in [0.2, 0.25) is 11.8 Å². The Labute approximate surface area is 160 Å². The lowest BCUT2D eigenvalue weighted by Gasteiger charge is -2.10. The number of hydrogen-bond acceptors (Lipinski definition) is 6. The number of rotatable bonds is 5. The largest absolute Gasteiger partial charge is 0.481 e. The molecule has 0 saturated heterocycles. The lowest BCUT2D eigenvalue weighted by molar-refractivity contribution is 0.102. The van der Waals surface area contributed by atoms with Gasteiger partial charge in [0.1, 0.15) is 5.69 Å². The summed E-state index contributed by atoms with van der Waals surface area (Å²) in [6, 6.07) is 17.1. The maximum atomic E-state index is 12.8. The van der Waals surface area contributed by atoms with Gasteiger partial charge in [-0.25, -0.2) is 4.98 Å². The molecule has 1 amide bonds. The van der Waals surface area contributed by atoms with Crippen LogP contribution in [-0.4, -0.2) is 30.1 Å². The van der Waals surface area contributed by atoms with E-state index in [1.165, 1.54) is 20.6 Å². The molecule has 1 N–H and O–H groups in total. The van der Waals surface area contributed by atoms with Crippen LogP contribution in [0.5, 0.6) is 11.8 Å². The second kappa shape index (κ2) is 7.40. The summed E-state index contributed by atoms with van der Waals surface area (Å²) in [6.07, 6.45) is 1.25. The van der Waals surface area contributed by atoms with Crippen molar-refractivity contribution >= 4 is 22.4 Å². The lowest BCUT2D eigenvalue weighted by Crippen LogP contribution is -2.14. The number of pyridine rings is 1. The fourth-order valence-electron chi connectivity index (χ4n) is 2.91. The number of anilines is 1. The molecule has 7 heteroatoms. The van der Waals surface area contributed by atoms with Crippen molar-refractivity contribution in [3.05, 3.63) is 66.7 Å². The van der Waals surface area contributed by atoms with Crippen LogP contribution in [0.2, 0.25) is 0 Å². The highest BCUT2D eigenvalue weighted by Crippen LogP contribution is 2.29. The predicted molar refractivity (Wildman–Crippen MR) is 105 cm³/mol. The van der Waals surface area contributed by atoms with Crippen molar-refractivity contribution in [2.75, 3.05) is 19.5 Å². The van der Waals surface area contributed by atoms with Crippen molar-refractivity contribution in [2.24, 2.45) is 0 Å². The Balaban J connectivity index is 1.66. The van der Waals surface area contributed by atoms with Gasteiger partial charge >= 0.3 is 0 Å². The first kappa shape index (κ1) is 17.5. The van der Waals surface area contributed by atoms with Crippen LogP contribution in [0, 0.1) is 0 Å². The van der Waals surface area contributed by atoms with Gasteiger partial charge in [0.05, 0.1) is 14.2 Å². The Hall–Kier alpha value is -3.87. The van der Waals surface area contributed by atoms with E-state index in [4.69, 9.17) is 13.9 Å². The third-order valence-corrected chi connectivity index (χ3v) is 4.28. The third kappa shape index (κ3) is 3.25. The van der Waals surface area contributed by atoms with E-state index in [0.29, 0.717) is 17.3 Å². The number of methoxy groups -OCH3 is 2. The summed E-state index contributed by atoms with van der Waals surface area (Å²) in [5.74, 6) is 0.586. The average Bonchev–Trinajstić information content (AvgIpc) is 3.23. The van der Waals surface area contributed by atoms with Crippen LogP contribution in [0.4, 0.5) is 5.69 Å². The highest BCUT2D eigenvalue weighted by atomic mass is 16.5. The molecule has 0 aliphatic rings. The molecule has 4 rings (SSSR count). The Morgan fingerprint density at radius 3 is 2.61 bits per heavy atom. The van der Waals surface area contributed by atoms with Crippen LogP contribution >= 0.6 is 0 Å². The van der Waals surface area contributed by atoms with Crippen LogP contribution in [0.1, 0.15) is 10.5 Å². The normalized spacial score (nSPS) is 10.6. The molecule has 7 nitrogen and oxygen atoms in total. The van der Waals surface area contributed by atoms with E-state index in [2.05, 4.69) is 15.3 Å². The van der Waals surface area contributed by atoms with E-state index in [9.17, 15) is 4.79 Å². The number of nitrogens with zero attached hydrogens (tertiary/aromatic N) is 2. The molecule has 2 aromatic heterocycles. The number of aromatic nitrogens is 2. The lowest BCUT2D eigenvalue weighted by atomic mass is 10.0. The smallest absolute Gasteiger partial charge is 0.278 e. The van der Waals surface area contributed by atoms with Crippen LogP contribution in [0.15, 0.2) is 65.4 Å². The zero-order valence-corrected chi connectivity index (χ0v) is 15.3. The van der Waals surface area contributed by atoms with Crippen molar-refractivity contribution in [1.82, 2.24) is 9.97 Å². The summed E-state index contributed by atoms with van der Waals surface area (Å²) in [5, 5.41) is 4.91. The van der Waals surface area contributed by atoms with Crippen molar-refractivity contribution < 1.29 is 18.7 Å². The molecule has 2 heterocycles. The molecule has 0 radical (unpaired) electrons. The molecule has 0 spiro atoms. The number of oxazole rings is 1. The summed E-state index contributed by atoms with van der Waals surface area (Å²) in [7, 11) is 2.97. The average molecular weight is 375 g/mol. The Bertz CT molecular complexity index is 1150. The monoisotopic (exact) mass is 375 g/mol. The quantitative estimate of drug-likeness (QED) is 0.564. The second-order valence-corrected chi connectivity index (χ2v) is 5.96. The SMILES string of the molecule is COc1ccc(NC(=O)c2ncoc2-c2ccc3ccccc3c2)c(OC)n1. The number of benzene rings is 2. The zero-order chi connectivity index (χ0) is 19.5. The molecule has 0 unspecified atom stereocenters. The van der Waals surface area contributed by atoms with E-state index in [1.54, 1.807) is 12.1 Å². The molecular formula is C21H17N3O4. The molecule has 0 fully saturated rings.